The fourth-order valence-corrected chi connectivity index (χ4v) is 1.95. The van der Waals surface area contributed by atoms with E-state index in [1.807, 2.05) is 36.4 Å². The third-order valence-corrected chi connectivity index (χ3v) is 2.95. The maximum Gasteiger partial charge on any atom is 0.119 e. The quantitative estimate of drug-likeness (QED) is 0.791. The molecule has 0 atom stereocenters. The van der Waals surface area contributed by atoms with E-state index in [0.29, 0.717) is 0 Å². The lowest BCUT2D eigenvalue weighted by Crippen LogP contribution is -1.85. The highest BCUT2D eigenvalue weighted by Crippen LogP contribution is 2.31. The Labute approximate surface area is 97.8 Å². The lowest BCUT2D eigenvalue weighted by molar-refractivity contribution is 0.415. The average Bonchev–Trinajstić information content (AvgIpc) is 2.31. The van der Waals surface area contributed by atoms with Gasteiger partial charge in [-0.1, -0.05) is 46.3 Å². The monoisotopic (exact) mass is 262 g/mol. The van der Waals surface area contributed by atoms with Crippen LogP contribution in [-0.4, -0.2) is 7.11 Å². The molecule has 1 nitrogen and oxygen atoms in total. The normalized spacial score (nSPS) is 10.0. The van der Waals surface area contributed by atoms with Crippen LogP contribution in [0.1, 0.15) is 0 Å². The van der Waals surface area contributed by atoms with E-state index in [2.05, 4.69) is 28.1 Å². The first-order valence-electron chi connectivity index (χ1n) is 4.70. The first kappa shape index (κ1) is 10.2. The van der Waals surface area contributed by atoms with Crippen molar-refractivity contribution in [2.75, 3.05) is 7.11 Å². The molecular formula is C13H11BrO. The molecule has 0 saturated carbocycles. The van der Waals surface area contributed by atoms with Gasteiger partial charge in [0.1, 0.15) is 5.75 Å². The van der Waals surface area contributed by atoms with Gasteiger partial charge < -0.3 is 4.74 Å². The summed E-state index contributed by atoms with van der Waals surface area (Å²) in [5, 5.41) is 0. The number of hydrogen-bond acceptors (Lipinski definition) is 1. The van der Waals surface area contributed by atoms with Crippen molar-refractivity contribution in [2.24, 2.45) is 0 Å². The van der Waals surface area contributed by atoms with E-state index in [4.69, 9.17) is 4.74 Å². The second-order valence-corrected chi connectivity index (χ2v) is 4.07. The summed E-state index contributed by atoms with van der Waals surface area (Å²) in [5.41, 5.74) is 2.33. The zero-order valence-electron chi connectivity index (χ0n) is 8.41. The third kappa shape index (κ3) is 2.21. The van der Waals surface area contributed by atoms with Gasteiger partial charge in [-0.2, -0.15) is 0 Å². The molecule has 0 fully saturated rings. The molecule has 15 heavy (non-hydrogen) atoms. The van der Waals surface area contributed by atoms with E-state index in [-0.39, 0.29) is 0 Å². The predicted molar refractivity (Wildman–Crippen MR) is 66.1 cm³/mol. The molecule has 2 heteroatoms. The highest BCUT2D eigenvalue weighted by Gasteiger charge is 2.03. The van der Waals surface area contributed by atoms with Gasteiger partial charge in [-0.05, 0) is 29.3 Å². The van der Waals surface area contributed by atoms with Gasteiger partial charge in [0.2, 0.25) is 0 Å². The minimum absolute atomic E-state index is 0.872. The Morgan fingerprint density at radius 1 is 1.00 bits per heavy atom. The van der Waals surface area contributed by atoms with Crippen LogP contribution in [0.15, 0.2) is 53.0 Å². The summed E-state index contributed by atoms with van der Waals surface area (Å²) in [5.74, 6) is 0.872. The largest absolute Gasteiger partial charge is 0.497 e. The fraction of sp³-hybridized carbons (Fsp3) is 0.0769. The third-order valence-electron chi connectivity index (χ3n) is 2.26. The van der Waals surface area contributed by atoms with Crippen molar-refractivity contribution >= 4 is 15.9 Å². The Kier molecular flexibility index (Phi) is 3.07. The molecule has 0 bridgehead atoms. The molecule has 0 aliphatic heterocycles. The van der Waals surface area contributed by atoms with Crippen LogP contribution < -0.4 is 4.74 Å². The maximum absolute atomic E-state index is 5.21. The van der Waals surface area contributed by atoms with E-state index in [0.717, 1.165) is 15.8 Å². The number of ether oxygens (including phenoxy) is 1. The van der Waals surface area contributed by atoms with E-state index in [1.54, 1.807) is 7.11 Å². The van der Waals surface area contributed by atoms with Crippen LogP contribution in [0.5, 0.6) is 5.75 Å². The second kappa shape index (κ2) is 4.49. The number of benzene rings is 2. The molecule has 76 valence electrons. The summed E-state index contributed by atoms with van der Waals surface area (Å²) in [6.07, 6.45) is 0. The first-order valence-corrected chi connectivity index (χ1v) is 5.49. The molecule has 2 aromatic carbocycles. The summed E-state index contributed by atoms with van der Waals surface area (Å²) in [6.45, 7) is 0. The van der Waals surface area contributed by atoms with Crippen LogP contribution in [0, 0.1) is 0 Å². The molecule has 0 aliphatic carbocycles. The standard InChI is InChI=1S/C13H11BrO/c1-15-11-7-8-13(14)12(9-11)10-5-3-2-4-6-10/h2-9H,1H3. The molecule has 0 radical (unpaired) electrons. The van der Waals surface area contributed by atoms with Crippen molar-refractivity contribution in [1.82, 2.24) is 0 Å². The molecule has 0 aromatic heterocycles. The Morgan fingerprint density at radius 3 is 2.40 bits per heavy atom. The van der Waals surface area contributed by atoms with Crippen LogP contribution in [-0.2, 0) is 0 Å². The van der Waals surface area contributed by atoms with Gasteiger partial charge in [-0.25, -0.2) is 0 Å². The van der Waals surface area contributed by atoms with Crippen LogP contribution in [0.25, 0.3) is 11.1 Å². The van der Waals surface area contributed by atoms with Gasteiger partial charge in [0.15, 0.2) is 0 Å². The maximum atomic E-state index is 5.21. The molecule has 0 unspecified atom stereocenters. The van der Waals surface area contributed by atoms with Crippen molar-refractivity contribution in [1.29, 1.82) is 0 Å². The minimum Gasteiger partial charge on any atom is -0.497 e. The molecule has 0 amide bonds. The smallest absolute Gasteiger partial charge is 0.119 e. The van der Waals surface area contributed by atoms with Crippen LogP contribution in [0.2, 0.25) is 0 Å². The van der Waals surface area contributed by atoms with Gasteiger partial charge in [0.25, 0.3) is 0 Å². The number of methoxy groups -OCH3 is 1. The Balaban J connectivity index is 2.52. The molecule has 2 aromatic rings. The molecule has 0 saturated heterocycles. The summed E-state index contributed by atoms with van der Waals surface area (Å²) in [6, 6.07) is 16.2. The van der Waals surface area contributed by atoms with Gasteiger partial charge >= 0.3 is 0 Å². The SMILES string of the molecule is COc1ccc(Br)c(-c2ccccc2)c1. The van der Waals surface area contributed by atoms with Gasteiger partial charge in [0, 0.05) is 4.47 Å². The molecular weight excluding hydrogens is 252 g/mol. The average molecular weight is 263 g/mol. The zero-order valence-corrected chi connectivity index (χ0v) is 9.99. The van der Waals surface area contributed by atoms with E-state index < -0.39 is 0 Å². The summed E-state index contributed by atoms with van der Waals surface area (Å²) >= 11 is 3.54. The van der Waals surface area contributed by atoms with Crippen molar-refractivity contribution in [2.45, 2.75) is 0 Å². The number of hydrogen-bond donors (Lipinski definition) is 0. The van der Waals surface area contributed by atoms with Crippen LogP contribution >= 0.6 is 15.9 Å². The van der Waals surface area contributed by atoms with Crippen LogP contribution in [0.4, 0.5) is 0 Å². The second-order valence-electron chi connectivity index (χ2n) is 3.21. The lowest BCUT2D eigenvalue weighted by Gasteiger charge is -2.07. The summed E-state index contributed by atoms with van der Waals surface area (Å²) in [7, 11) is 1.68. The van der Waals surface area contributed by atoms with Gasteiger partial charge in [-0.15, -0.1) is 0 Å². The van der Waals surface area contributed by atoms with Crippen molar-refractivity contribution < 1.29 is 4.74 Å². The molecule has 0 N–H and O–H groups in total. The van der Waals surface area contributed by atoms with Crippen molar-refractivity contribution in [3.05, 3.63) is 53.0 Å². The number of rotatable bonds is 2. The van der Waals surface area contributed by atoms with Crippen molar-refractivity contribution in [3.8, 4) is 16.9 Å². The molecule has 2 rings (SSSR count). The van der Waals surface area contributed by atoms with Gasteiger partial charge in [-0.3, -0.25) is 0 Å². The highest BCUT2D eigenvalue weighted by atomic mass is 79.9. The first-order chi connectivity index (χ1) is 7.31. The molecule has 0 heterocycles. The minimum atomic E-state index is 0.872. The zero-order chi connectivity index (χ0) is 10.7. The number of halogens is 1. The lowest BCUT2D eigenvalue weighted by atomic mass is 10.1. The van der Waals surface area contributed by atoms with E-state index in [1.165, 1.54) is 5.56 Å². The van der Waals surface area contributed by atoms with Gasteiger partial charge in [0.05, 0.1) is 7.11 Å². The Bertz CT molecular complexity index is 451. The predicted octanol–water partition coefficient (Wildman–Crippen LogP) is 4.12. The fourth-order valence-electron chi connectivity index (χ4n) is 1.47. The highest BCUT2D eigenvalue weighted by molar-refractivity contribution is 9.10. The van der Waals surface area contributed by atoms with Crippen molar-refractivity contribution in [3.63, 3.8) is 0 Å². The Morgan fingerprint density at radius 2 is 1.73 bits per heavy atom. The van der Waals surface area contributed by atoms with Crippen LogP contribution in [0.3, 0.4) is 0 Å². The summed E-state index contributed by atoms with van der Waals surface area (Å²) < 4.78 is 6.29. The summed E-state index contributed by atoms with van der Waals surface area (Å²) in [4.78, 5) is 0. The molecule has 0 spiro atoms. The molecule has 0 aliphatic rings. The van der Waals surface area contributed by atoms with E-state index >= 15 is 0 Å². The van der Waals surface area contributed by atoms with E-state index in [9.17, 15) is 0 Å². The Hall–Kier alpha value is -1.28. The topological polar surface area (TPSA) is 9.23 Å².